The Morgan fingerprint density at radius 1 is 1.36 bits per heavy atom. The summed E-state index contributed by atoms with van der Waals surface area (Å²) in [6.45, 7) is 6.63. The third-order valence-electron chi connectivity index (χ3n) is 4.41. The Hall–Kier alpha value is -2.34. The van der Waals surface area contributed by atoms with Gasteiger partial charge in [-0.3, -0.25) is 9.69 Å². The number of phenolic OH excluding ortho intramolecular Hbond substituents is 1. The van der Waals surface area contributed by atoms with E-state index in [9.17, 15) is 9.90 Å². The van der Waals surface area contributed by atoms with E-state index in [0.717, 1.165) is 48.5 Å². The fourth-order valence-electron chi connectivity index (χ4n) is 3.21. The minimum atomic E-state index is -0.0149. The van der Waals surface area contributed by atoms with Crippen LogP contribution in [0.1, 0.15) is 42.9 Å². The molecule has 6 nitrogen and oxygen atoms in total. The van der Waals surface area contributed by atoms with Gasteiger partial charge in [-0.15, -0.1) is 0 Å². The molecule has 25 heavy (non-hydrogen) atoms. The molecule has 1 aliphatic heterocycles. The van der Waals surface area contributed by atoms with Gasteiger partial charge in [0.2, 0.25) is 0 Å². The molecule has 0 saturated heterocycles. The van der Waals surface area contributed by atoms with Gasteiger partial charge in [0.25, 0.3) is 5.56 Å². The zero-order chi connectivity index (χ0) is 17.8. The van der Waals surface area contributed by atoms with Crippen LogP contribution in [-0.4, -0.2) is 33.1 Å². The summed E-state index contributed by atoms with van der Waals surface area (Å²) in [5.41, 5.74) is 2.75. The van der Waals surface area contributed by atoms with Crippen LogP contribution in [-0.2, 0) is 25.9 Å². The summed E-state index contributed by atoms with van der Waals surface area (Å²) < 4.78 is 5.44. The maximum atomic E-state index is 12.4. The van der Waals surface area contributed by atoms with E-state index in [2.05, 4.69) is 21.8 Å². The van der Waals surface area contributed by atoms with E-state index in [1.165, 1.54) is 0 Å². The Morgan fingerprint density at radius 2 is 2.20 bits per heavy atom. The number of aromatic nitrogens is 2. The molecule has 1 aromatic carbocycles. The SMILES string of the molecule is CCCc1nc2c(c(=O)[nH]1)CN(Cc1ccc(O)c(OCC)c1)CC2. The predicted molar refractivity (Wildman–Crippen MR) is 95.9 cm³/mol. The molecule has 2 N–H and O–H groups in total. The number of rotatable bonds is 6. The molecule has 0 spiro atoms. The summed E-state index contributed by atoms with van der Waals surface area (Å²) in [5, 5.41) is 9.82. The van der Waals surface area contributed by atoms with Crippen LogP contribution in [0.3, 0.4) is 0 Å². The zero-order valence-corrected chi connectivity index (χ0v) is 14.8. The molecule has 6 heteroatoms. The summed E-state index contributed by atoms with van der Waals surface area (Å²) in [7, 11) is 0. The van der Waals surface area contributed by atoms with Crippen LogP contribution in [0.5, 0.6) is 11.5 Å². The number of ether oxygens (including phenoxy) is 1. The molecule has 0 aliphatic carbocycles. The van der Waals surface area contributed by atoms with Crippen molar-refractivity contribution in [3.8, 4) is 11.5 Å². The number of aromatic hydroxyl groups is 1. The highest BCUT2D eigenvalue weighted by atomic mass is 16.5. The van der Waals surface area contributed by atoms with Crippen molar-refractivity contribution < 1.29 is 9.84 Å². The number of fused-ring (bicyclic) bond motifs is 1. The fourth-order valence-corrected chi connectivity index (χ4v) is 3.21. The summed E-state index contributed by atoms with van der Waals surface area (Å²) in [6.07, 6.45) is 2.56. The molecule has 0 radical (unpaired) electrons. The fraction of sp³-hybridized carbons (Fsp3) is 0.474. The van der Waals surface area contributed by atoms with E-state index >= 15 is 0 Å². The van der Waals surface area contributed by atoms with Crippen LogP contribution in [0.4, 0.5) is 0 Å². The number of nitrogens with zero attached hydrogens (tertiary/aromatic N) is 2. The maximum Gasteiger partial charge on any atom is 0.255 e. The van der Waals surface area contributed by atoms with Gasteiger partial charge in [-0.1, -0.05) is 13.0 Å². The van der Waals surface area contributed by atoms with Crippen molar-refractivity contribution in [2.24, 2.45) is 0 Å². The third-order valence-corrected chi connectivity index (χ3v) is 4.41. The minimum absolute atomic E-state index is 0.0149. The normalized spacial score (nSPS) is 14.3. The second-order valence-corrected chi connectivity index (χ2v) is 6.38. The summed E-state index contributed by atoms with van der Waals surface area (Å²) in [4.78, 5) is 22.1. The van der Waals surface area contributed by atoms with Gasteiger partial charge in [0.05, 0.1) is 17.9 Å². The van der Waals surface area contributed by atoms with Crippen LogP contribution in [0.15, 0.2) is 23.0 Å². The van der Waals surface area contributed by atoms with E-state index in [1.807, 2.05) is 19.1 Å². The lowest BCUT2D eigenvalue weighted by Crippen LogP contribution is -2.35. The molecular weight excluding hydrogens is 318 g/mol. The van der Waals surface area contributed by atoms with Crippen LogP contribution < -0.4 is 10.3 Å². The van der Waals surface area contributed by atoms with Crippen molar-refractivity contribution in [2.75, 3.05) is 13.2 Å². The van der Waals surface area contributed by atoms with Gasteiger partial charge in [0, 0.05) is 32.5 Å². The Morgan fingerprint density at radius 3 is 2.96 bits per heavy atom. The highest BCUT2D eigenvalue weighted by Gasteiger charge is 2.21. The van der Waals surface area contributed by atoms with E-state index in [0.29, 0.717) is 25.4 Å². The largest absolute Gasteiger partial charge is 0.504 e. The lowest BCUT2D eigenvalue weighted by molar-refractivity contribution is 0.240. The first-order valence-electron chi connectivity index (χ1n) is 8.88. The number of hydrogen-bond acceptors (Lipinski definition) is 5. The second kappa shape index (κ2) is 7.70. The number of aromatic amines is 1. The van der Waals surface area contributed by atoms with Crippen molar-refractivity contribution in [3.05, 3.63) is 51.2 Å². The van der Waals surface area contributed by atoms with Crippen LogP contribution in [0.2, 0.25) is 0 Å². The third kappa shape index (κ3) is 4.02. The highest BCUT2D eigenvalue weighted by Crippen LogP contribution is 2.28. The van der Waals surface area contributed by atoms with Gasteiger partial charge >= 0.3 is 0 Å². The topological polar surface area (TPSA) is 78.5 Å². The molecule has 0 saturated carbocycles. The lowest BCUT2D eigenvalue weighted by atomic mass is 10.1. The monoisotopic (exact) mass is 343 g/mol. The maximum absolute atomic E-state index is 12.4. The molecule has 2 heterocycles. The Labute approximate surface area is 147 Å². The first kappa shape index (κ1) is 17.5. The summed E-state index contributed by atoms with van der Waals surface area (Å²) >= 11 is 0. The average molecular weight is 343 g/mol. The molecule has 0 amide bonds. The molecule has 0 bridgehead atoms. The number of hydrogen-bond donors (Lipinski definition) is 2. The number of H-pyrrole nitrogens is 1. The Balaban J connectivity index is 1.75. The van der Waals surface area contributed by atoms with Crippen LogP contribution in [0, 0.1) is 0 Å². The smallest absolute Gasteiger partial charge is 0.255 e. The molecule has 2 aromatic rings. The molecule has 1 aliphatic rings. The summed E-state index contributed by atoms with van der Waals surface area (Å²) in [6, 6.07) is 5.41. The van der Waals surface area contributed by atoms with Crippen LogP contribution >= 0.6 is 0 Å². The van der Waals surface area contributed by atoms with Gasteiger partial charge in [-0.05, 0) is 31.0 Å². The van der Waals surface area contributed by atoms with Crippen LogP contribution in [0.25, 0.3) is 0 Å². The van der Waals surface area contributed by atoms with Gasteiger partial charge in [0.1, 0.15) is 5.82 Å². The van der Waals surface area contributed by atoms with E-state index in [1.54, 1.807) is 6.07 Å². The van der Waals surface area contributed by atoms with Crippen molar-refractivity contribution in [1.82, 2.24) is 14.9 Å². The first-order chi connectivity index (χ1) is 12.1. The number of phenols is 1. The molecule has 134 valence electrons. The standard InChI is InChI=1S/C19H25N3O3/c1-3-5-18-20-15-8-9-22(12-14(15)19(24)21-18)11-13-6-7-16(23)17(10-13)25-4-2/h6-7,10,23H,3-5,8-9,11-12H2,1-2H3,(H,20,21,24). The second-order valence-electron chi connectivity index (χ2n) is 6.38. The van der Waals surface area contributed by atoms with Gasteiger partial charge in [0.15, 0.2) is 11.5 Å². The predicted octanol–water partition coefficient (Wildman–Crippen LogP) is 2.39. The Kier molecular flexibility index (Phi) is 5.38. The van der Waals surface area contributed by atoms with Gasteiger partial charge < -0.3 is 14.8 Å². The molecule has 0 unspecified atom stereocenters. The average Bonchev–Trinajstić information content (AvgIpc) is 2.59. The molecule has 0 fully saturated rings. The first-order valence-corrected chi connectivity index (χ1v) is 8.88. The molecule has 3 rings (SSSR count). The number of aryl methyl sites for hydroxylation is 1. The number of nitrogens with one attached hydrogen (secondary N) is 1. The highest BCUT2D eigenvalue weighted by molar-refractivity contribution is 5.41. The summed E-state index contributed by atoms with van der Waals surface area (Å²) in [5.74, 6) is 1.44. The van der Waals surface area contributed by atoms with E-state index < -0.39 is 0 Å². The lowest BCUT2D eigenvalue weighted by Gasteiger charge is -2.28. The van der Waals surface area contributed by atoms with Gasteiger partial charge in [-0.25, -0.2) is 4.98 Å². The van der Waals surface area contributed by atoms with Gasteiger partial charge in [-0.2, -0.15) is 0 Å². The van der Waals surface area contributed by atoms with Crippen molar-refractivity contribution in [3.63, 3.8) is 0 Å². The van der Waals surface area contributed by atoms with Crippen molar-refractivity contribution in [1.29, 1.82) is 0 Å². The molecule has 0 atom stereocenters. The zero-order valence-electron chi connectivity index (χ0n) is 14.8. The molecule has 1 aromatic heterocycles. The quantitative estimate of drug-likeness (QED) is 0.842. The van der Waals surface area contributed by atoms with E-state index in [-0.39, 0.29) is 11.3 Å². The minimum Gasteiger partial charge on any atom is -0.504 e. The van der Waals surface area contributed by atoms with Crippen molar-refractivity contribution >= 4 is 0 Å². The van der Waals surface area contributed by atoms with Crippen molar-refractivity contribution in [2.45, 2.75) is 46.2 Å². The number of benzene rings is 1. The Bertz CT molecular complexity index is 801. The van der Waals surface area contributed by atoms with E-state index in [4.69, 9.17) is 4.74 Å². The molecular formula is C19H25N3O3.